The summed E-state index contributed by atoms with van der Waals surface area (Å²) in [6, 6.07) is 2.13. The summed E-state index contributed by atoms with van der Waals surface area (Å²) in [5.41, 5.74) is 0.795. The van der Waals surface area contributed by atoms with Crippen LogP contribution in [0.4, 0.5) is 5.82 Å². The first kappa shape index (κ1) is 21.7. The summed E-state index contributed by atoms with van der Waals surface area (Å²) in [6.45, 7) is 4.94. The number of anilines is 1. The van der Waals surface area contributed by atoms with Crippen LogP contribution in [0.2, 0.25) is 0 Å². The Kier molecular flexibility index (Phi) is 6.22. The molecule has 2 unspecified atom stereocenters. The van der Waals surface area contributed by atoms with E-state index in [1.165, 1.54) is 0 Å². The second kappa shape index (κ2) is 8.90. The largest absolute Gasteiger partial charge is 0.346 e. The number of thioether (sulfide) groups is 1. The zero-order valence-electron chi connectivity index (χ0n) is 17.1. The van der Waals surface area contributed by atoms with Gasteiger partial charge in [0.25, 0.3) is 5.91 Å². The molecule has 0 spiro atoms. The van der Waals surface area contributed by atoms with Gasteiger partial charge in [0.05, 0.1) is 16.3 Å². The van der Waals surface area contributed by atoms with Gasteiger partial charge in [0.2, 0.25) is 5.91 Å². The molecular formula is C22H30N6O2S. The maximum Gasteiger partial charge on any atom is 0.261 e. The average Bonchev–Trinajstić information content (AvgIpc) is 3.44. The Balaban J connectivity index is 0.00000231. The molecule has 2 amide bonds. The third-order valence-corrected chi connectivity index (χ3v) is 7.43. The maximum atomic E-state index is 13.3. The van der Waals surface area contributed by atoms with E-state index in [2.05, 4.69) is 19.9 Å². The molecule has 166 valence electrons. The molecule has 0 aliphatic carbocycles. The Labute approximate surface area is 187 Å². The van der Waals surface area contributed by atoms with Crippen LogP contribution in [-0.2, 0) is 9.59 Å². The van der Waals surface area contributed by atoms with Gasteiger partial charge in [0, 0.05) is 50.7 Å². The van der Waals surface area contributed by atoms with Gasteiger partial charge in [-0.05, 0) is 24.8 Å². The van der Waals surface area contributed by atoms with Gasteiger partial charge in [0.15, 0.2) is 0 Å². The summed E-state index contributed by atoms with van der Waals surface area (Å²) < 4.78 is 0. The van der Waals surface area contributed by atoms with E-state index in [-0.39, 0.29) is 25.3 Å². The van der Waals surface area contributed by atoms with Crippen molar-refractivity contribution in [3.8, 4) is 0 Å². The number of aromatic amines is 1. The van der Waals surface area contributed by atoms with E-state index in [1.807, 2.05) is 35.2 Å². The first-order valence-corrected chi connectivity index (χ1v) is 11.6. The van der Waals surface area contributed by atoms with Gasteiger partial charge in [-0.3, -0.25) is 9.59 Å². The maximum absolute atomic E-state index is 13.3. The summed E-state index contributed by atoms with van der Waals surface area (Å²) in [7, 11) is 0. The number of rotatable bonds is 3. The monoisotopic (exact) mass is 442 g/mol. The molecule has 0 bridgehead atoms. The van der Waals surface area contributed by atoms with Crippen LogP contribution >= 0.6 is 11.8 Å². The molecule has 2 aromatic rings. The first-order valence-electron chi connectivity index (χ1n) is 10.6. The molecule has 0 saturated carbocycles. The molecule has 8 nitrogen and oxygen atoms in total. The van der Waals surface area contributed by atoms with Crippen LogP contribution in [-0.4, -0.2) is 74.5 Å². The van der Waals surface area contributed by atoms with Gasteiger partial charge in [-0.25, -0.2) is 9.97 Å². The van der Waals surface area contributed by atoms with Gasteiger partial charge in [-0.1, -0.05) is 14.4 Å². The third-order valence-electron chi connectivity index (χ3n) is 6.45. The lowest BCUT2D eigenvalue weighted by atomic mass is 9.92. The molecular weight excluding hydrogens is 412 g/mol. The molecule has 2 saturated heterocycles. The minimum Gasteiger partial charge on any atom is -0.346 e. The number of carbonyl (C=O) groups is 2. The van der Waals surface area contributed by atoms with E-state index < -0.39 is 0 Å². The van der Waals surface area contributed by atoms with E-state index in [9.17, 15) is 9.59 Å². The molecule has 2 aromatic heterocycles. The number of piperidine rings is 1. The summed E-state index contributed by atoms with van der Waals surface area (Å²) in [5, 5.41) is 0.952. The van der Waals surface area contributed by atoms with Crippen LogP contribution in [0.15, 0.2) is 29.7 Å². The minimum absolute atomic E-state index is 0. The SMILES string of the molecule is C.CCC(=O)N1CCC2CCN(C(=O)C3=CN(c4ncnc5[nH]ccc45)CCS3)CC21. The van der Waals surface area contributed by atoms with Crippen molar-refractivity contribution in [2.75, 3.05) is 36.8 Å². The fourth-order valence-electron chi connectivity index (χ4n) is 4.86. The Morgan fingerprint density at radius 1 is 1.23 bits per heavy atom. The first-order chi connectivity index (χ1) is 14.7. The molecule has 0 radical (unpaired) electrons. The number of likely N-dealkylation sites (tertiary alicyclic amines) is 2. The van der Waals surface area contributed by atoms with Crippen LogP contribution in [0.25, 0.3) is 11.0 Å². The van der Waals surface area contributed by atoms with Crippen molar-refractivity contribution in [3.63, 3.8) is 0 Å². The van der Waals surface area contributed by atoms with Gasteiger partial charge in [0.1, 0.15) is 17.8 Å². The number of H-pyrrole nitrogens is 1. The smallest absolute Gasteiger partial charge is 0.261 e. The van der Waals surface area contributed by atoms with Crippen LogP contribution in [0.1, 0.15) is 33.6 Å². The highest BCUT2D eigenvalue weighted by molar-refractivity contribution is 8.04. The summed E-state index contributed by atoms with van der Waals surface area (Å²) in [5.74, 6) is 2.44. The molecule has 9 heteroatoms. The number of hydrogen-bond acceptors (Lipinski definition) is 6. The van der Waals surface area contributed by atoms with Gasteiger partial charge in [-0.2, -0.15) is 0 Å². The molecule has 5 heterocycles. The molecule has 3 aliphatic heterocycles. The Bertz CT molecular complexity index is 1000. The normalized spacial score (nSPS) is 23.4. The predicted octanol–water partition coefficient (Wildman–Crippen LogP) is 2.85. The molecule has 2 fully saturated rings. The minimum atomic E-state index is 0. The van der Waals surface area contributed by atoms with Crippen LogP contribution < -0.4 is 4.90 Å². The van der Waals surface area contributed by atoms with Crippen molar-refractivity contribution in [1.29, 1.82) is 0 Å². The fraction of sp³-hybridized carbons (Fsp3) is 0.545. The quantitative estimate of drug-likeness (QED) is 0.787. The van der Waals surface area contributed by atoms with Crippen molar-refractivity contribution in [2.45, 2.75) is 39.7 Å². The third kappa shape index (κ3) is 3.91. The van der Waals surface area contributed by atoms with Gasteiger partial charge >= 0.3 is 0 Å². The van der Waals surface area contributed by atoms with Crippen molar-refractivity contribution < 1.29 is 9.59 Å². The number of carbonyl (C=O) groups excluding carboxylic acids is 2. The van der Waals surface area contributed by atoms with E-state index in [0.29, 0.717) is 18.9 Å². The number of hydrogen-bond donors (Lipinski definition) is 1. The summed E-state index contributed by atoms with van der Waals surface area (Å²) in [4.78, 5) is 44.2. The second-order valence-corrected chi connectivity index (χ2v) is 9.21. The van der Waals surface area contributed by atoms with Crippen molar-refractivity contribution in [3.05, 3.63) is 29.7 Å². The number of fused-ring (bicyclic) bond motifs is 2. The number of nitrogens with zero attached hydrogens (tertiary/aromatic N) is 5. The lowest BCUT2D eigenvalue weighted by molar-refractivity contribution is -0.136. The average molecular weight is 443 g/mol. The number of nitrogens with one attached hydrogen (secondary N) is 1. The van der Waals surface area contributed by atoms with E-state index >= 15 is 0 Å². The number of amides is 2. The molecule has 0 aromatic carbocycles. The fourth-order valence-corrected chi connectivity index (χ4v) is 5.82. The molecule has 1 N–H and O–H groups in total. The zero-order chi connectivity index (χ0) is 20.7. The Hall–Kier alpha value is -2.55. The lowest BCUT2D eigenvalue weighted by Gasteiger charge is -2.39. The summed E-state index contributed by atoms with van der Waals surface area (Å²) >= 11 is 1.60. The summed E-state index contributed by atoms with van der Waals surface area (Å²) in [6.07, 6.45) is 7.90. The van der Waals surface area contributed by atoms with Gasteiger partial charge < -0.3 is 19.7 Å². The van der Waals surface area contributed by atoms with Crippen molar-refractivity contribution >= 4 is 40.4 Å². The highest BCUT2D eigenvalue weighted by Gasteiger charge is 2.41. The van der Waals surface area contributed by atoms with Crippen molar-refractivity contribution in [1.82, 2.24) is 24.8 Å². The Morgan fingerprint density at radius 3 is 2.90 bits per heavy atom. The predicted molar refractivity (Wildman–Crippen MR) is 124 cm³/mol. The topological polar surface area (TPSA) is 85.4 Å². The van der Waals surface area contributed by atoms with Crippen LogP contribution in [0.5, 0.6) is 0 Å². The highest BCUT2D eigenvalue weighted by Crippen LogP contribution is 2.35. The van der Waals surface area contributed by atoms with Crippen molar-refractivity contribution in [2.24, 2.45) is 5.92 Å². The second-order valence-electron chi connectivity index (χ2n) is 8.07. The van der Waals surface area contributed by atoms with Crippen LogP contribution in [0.3, 0.4) is 0 Å². The highest BCUT2D eigenvalue weighted by atomic mass is 32.2. The van der Waals surface area contributed by atoms with E-state index in [1.54, 1.807) is 18.1 Å². The lowest BCUT2D eigenvalue weighted by Crippen LogP contribution is -2.51. The molecule has 31 heavy (non-hydrogen) atoms. The molecule has 3 aliphatic rings. The molecule has 5 rings (SSSR count). The number of aromatic nitrogens is 3. The van der Waals surface area contributed by atoms with Crippen LogP contribution in [0, 0.1) is 5.92 Å². The molecule has 2 atom stereocenters. The van der Waals surface area contributed by atoms with E-state index in [4.69, 9.17) is 0 Å². The zero-order valence-corrected chi connectivity index (χ0v) is 17.9. The van der Waals surface area contributed by atoms with E-state index in [0.717, 1.165) is 60.0 Å². The standard InChI is InChI=1S/C21H26N6O2S.CH4/c1-2-18(28)27-8-5-14-4-7-26(11-16(14)27)21(29)17-12-25(9-10-30-17)20-15-3-6-22-19(15)23-13-24-20;/h3,6,12-14,16H,2,4-5,7-11H2,1H3,(H,22,23,24);1H4. The Morgan fingerprint density at radius 2 is 2.06 bits per heavy atom. The van der Waals surface area contributed by atoms with Gasteiger partial charge in [-0.15, -0.1) is 11.8 Å².